The number of ether oxygens (including phenoxy) is 2. The number of thiazole rings is 1. The van der Waals surface area contributed by atoms with Gasteiger partial charge in [0.15, 0.2) is 0 Å². The number of nitrogens with zero attached hydrogens (tertiary/aromatic N) is 1. The topological polar surface area (TPSA) is 48.4 Å². The van der Waals surface area contributed by atoms with Crippen LogP contribution in [0.3, 0.4) is 0 Å². The molecule has 0 amide bonds. The van der Waals surface area contributed by atoms with Gasteiger partial charge in [0.1, 0.15) is 22.8 Å². The molecule has 2 aromatic carbocycles. The first-order chi connectivity index (χ1) is 13.4. The van der Waals surface area contributed by atoms with E-state index in [0.29, 0.717) is 29.7 Å². The van der Waals surface area contributed by atoms with Gasteiger partial charge in [0, 0.05) is 10.4 Å². The lowest BCUT2D eigenvalue weighted by Gasteiger charge is -2.19. The fourth-order valence-corrected chi connectivity index (χ4v) is 3.81. The summed E-state index contributed by atoms with van der Waals surface area (Å²) in [6.45, 7) is 6.21. The van der Waals surface area contributed by atoms with Crippen molar-refractivity contribution in [1.82, 2.24) is 4.98 Å². The fraction of sp³-hybridized carbons (Fsp3) is 0.273. The average molecular weight is 416 g/mol. The second-order valence-electron chi connectivity index (χ2n) is 6.80. The number of aromatic nitrogens is 1. The van der Waals surface area contributed by atoms with E-state index >= 15 is 0 Å². The van der Waals surface area contributed by atoms with Gasteiger partial charge in [-0.1, -0.05) is 41.9 Å². The van der Waals surface area contributed by atoms with Crippen LogP contribution in [0.2, 0.25) is 5.02 Å². The Kier molecular flexibility index (Phi) is 6.37. The van der Waals surface area contributed by atoms with Gasteiger partial charge >= 0.3 is 5.97 Å². The van der Waals surface area contributed by atoms with E-state index in [1.54, 1.807) is 13.0 Å². The van der Waals surface area contributed by atoms with Crippen LogP contribution in [-0.2, 0) is 21.6 Å². The third-order valence-corrected chi connectivity index (χ3v) is 5.45. The van der Waals surface area contributed by atoms with Crippen LogP contribution in [0.4, 0.5) is 0 Å². The first-order valence-corrected chi connectivity index (χ1v) is 10.3. The van der Waals surface area contributed by atoms with E-state index in [0.717, 1.165) is 16.1 Å². The van der Waals surface area contributed by atoms with Crippen molar-refractivity contribution in [3.63, 3.8) is 0 Å². The largest absolute Gasteiger partial charge is 0.488 e. The zero-order chi connectivity index (χ0) is 20.1. The Morgan fingerprint density at radius 3 is 2.64 bits per heavy atom. The highest BCUT2D eigenvalue weighted by molar-refractivity contribution is 7.13. The van der Waals surface area contributed by atoms with E-state index in [9.17, 15) is 4.79 Å². The highest BCUT2D eigenvalue weighted by Crippen LogP contribution is 2.37. The fourth-order valence-electron chi connectivity index (χ4n) is 2.63. The van der Waals surface area contributed by atoms with Gasteiger partial charge in [0.05, 0.1) is 17.9 Å². The summed E-state index contributed by atoms with van der Waals surface area (Å²) in [6.07, 6.45) is 0. The van der Waals surface area contributed by atoms with Gasteiger partial charge in [-0.15, -0.1) is 11.3 Å². The summed E-state index contributed by atoms with van der Waals surface area (Å²) in [7, 11) is 0. The molecule has 0 radical (unpaired) electrons. The van der Waals surface area contributed by atoms with Crippen molar-refractivity contribution in [2.24, 2.45) is 0 Å². The standard InChI is InChI=1S/C22H22ClNO3S/c1-4-26-21(25)22(2,3)19-14-28-20(24-19)17-12-16(23)10-11-18(17)27-13-15-8-6-5-7-9-15/h5-12,14H,4,13H2,1-3H3. The van der Waals surface area contributed by atoms with Crippen molar-refractivity contribution in [1.29, 1.82) is 0 Å². The summed E-state index contributed by atoms with van der Waals surface area (Å²) in [4.78, 5) is 17.0. The molecule has 146 valence electrons. The summed E-state index contributed by atoms with van der Waals surface area (Å²) in [5, 5.41) is 3.23. The van der Waals surface area contributed by atoms with Crippen molar-refractivity contribution >= 4 is 28.9 Å². The molecule has 0 aliphatic carbocycles. The number of rotatable bonds is 7. The van der Waals surface area contributed by atoms with Crippen LogP contribution >= 0.6 is 22.9 Å². The maximum absolute atomic E-state index is 12.3. The first kappa shape index (κ1) is 20.4. The molecule has 6 heteroatoms. The van der Waals surface area contributed by atoms with Gasteiger partial charge in [-0.05, 0) is 44.5 Å². The average Bonchev–Trinajstić information content (AvgIpc) is 3.19. The van der Waals surface area contributed by atoms with E-state index in [2.05, 4.69) is 0 Å². The lowest BCUT2D eigenvalue weighted by atomic mass is 9.90. The SMILES string of the molecule is CCOC(=O)C(C)(C)c1csc(-c2cc(Cl)ccc2OCc2ccccc2)n1. The van der Waals surface area contributed by atoms with E-state index in [1.807, 2.05) is 61.7 Å². The number of carbonyl (C=O) groups excluding carboxylic acids is 1. The van der Waals surface area contributed by atoms with E-state index in [-0.39, 0.29) is 5.97 Å². The molecule has 28 heavy (non-hydrogen) atoms. The molecule has 0 unspecified atom stereocenters. The minimum Gasteiger partial charge on any atom is -0.488 e. The minimum absolute atomic E-state index is 0.293. The lowest BCUT2D eigenvalue weighted by Crippen LogP contribution is -2.31. The molecule has 4 nitrogen and oxygen atoms in total. The monoisotopic (exact) mass is 415 g/mol. The molecule has 0 aliphatic rings. The van der Waals surface area contributed by atoms with Gasteiger partial charge in [0.25, 0.3) is 0 Å². The molecule has 3 rings (SSSR count). The molecular weight excluding hydrogens is 394 g/mol. The summed E-state index contributed by atoms with van der Waals surface area (Å²) < 4.78 is 11.2. The Labute approximate surface area is 174 Å². The number of hydrogen-bond acceptors (Lipinski definition) is 5. The normalized spacial score (nSPS) is 11.3. The molecular formula is C22H22ClNO3S. The van der Waals surface area contributed by atoms with Gasteiger partial charge in [-0.2, -0.15) is 0 Å². The van der Waals surface area contributed by atoms with Gasteiger partial charge in [-0.3, -0.25) is 4.79 Å². The summed E-state index contributed by atoms with van der Waals surface area (Å²) in [5.41, 5.74) is 1.72. The second kappa shape index (κ2) is 8.76. The second-order valence-corrected chi connectivity index (χ2v) is 8.09. The van der Waals surface area contributed by atoms with Crippen LogP contribution in [0, 0.1) is 0 Å². The summed E-state index contributed by atoms with van der Waals surface area (Å²) in [6, 6.07) is 15.4. The molecule has 0 N–H and O–H groups in total. The summed E-state index contributed by atoms with van der Waals surface area (Å²) >= 11 is 7.67. The van der Waals surface area contributed by atoms with E-state index in [1.165, 1.54) is 11.3 Å². The van der Waals surface area contributed by atoms with Crippen LogP contribution in [0.5, 0.6) is 5.75 Å². The van der Waals surface area contributed by atoms with Gasteiger partial charge in [0.2, 0.25) is 0 Å². The number of carbonyl (C=O) groups is 1. The third-order valence-electron chi connectivity index (χ3n) is 4.34. The third kappa shape index (κ3) is 4.54. The Bertz CT molecular complexity index is 953. The smallest absolute Gasteiger partial charge is 0.317 e. The Morgan fingerprint density at radius 2 is 1.93 bits per heavy atom. The molecule has 0 fully saturated rings. The molecule has 0 spiro atoms. The Hall–Kier alpha value is -2.37. The zero-order valence-corrected chi connectivity index (χ0v) is 17.6. The van der Waals surface area contributed by atoms with Gasteiger partial charge in [-0.25, -0.2) is 4.98 Å². The van der Waals surface area contributed by atoms with Crippen molar-refractivity contribution < 1.29 is 14.3 Å². The van der Waals surface area contributed by atoms with Crippen molar-refractivity contribution in [2.75, 3.05) is 6.61 Å². The van der Waals surface area contributed by atoms with Crippen LogP contribution in [0.1, 0.15) is 32.0 Å². The quantitative estimate of drug-likeness (QED) is 0.452. The van der Waals surface area contributed by atoms with Crippen molar-refractivity contribution in [3.8, 4) is 16.3 Å². The highest BCUT2D eigenvalue weighted by Gasteiger charge is 2.34. The molecule has 0 aliphatic heterocycles. The number of benzene rings is 2. The Balaban J connectivity index is 1.88. The molecule has 1 heterocycles. The van der Waals surface area contributed by atoms with Crippen molar-refractivity contribution in [2.45, 2.75) is 32.8 Å². The predicted octanol–water partition coefficient (Wildman–Crippen LogP) is 5.88. The number of halogens is 1. The van der Waals surface area contributed by atoms with E-state index in [4.69, 9.17) is 26.1 Å². The van der Waals surface area contributed by atoms with Crippen LogP contribution < -0.4 is 4.74 Å². The van der Waals surface area contributed by atoms with Crippen molar-refractivity contribution in [3.05, 3.63) is 70.2 Å². The van der Waals surface area contributed by atoms with Crippen LogP contribution in [0.25, 0.3) is 10.6 Å². The van der Waals surface area contributed by atoms with Crippen LogP contribution in [0.15, 0.2) is 53.9 Å². The highest BCUT2D eigenvalue weighted by atomic mass is 35.5. The lowest BCUT2D eigenvalue weighted by molar-refractivity contribution is -0.148. The molecule has 1 aromatic heterocycles. The minimum atomic E-state index is -0.825. The molecule has 0 saturated heterocycles. The maximum atomic E-state index is 12.3. The molecule has 0 bridgehead atoms. The van der Waals surface area contributed by atoms with Crippen LogP contribution in [-0.4, -0.2) is 17.6 Å². The number of esters is 1. The molecule has 0 atom stereocenters. The first-order valence-electron chi connectivity index (χ1n) is 9.01. The summed E-state index contributed by atoms with van der Waals surface area (Å²) in [5.74, 6) is 0.404. The Morgan fingerprint density at radius 1 is 1.18 bits per heavy atom. The predicted molar refractivity (Wildman–Crippen MR) is 113 cm³/mol. The maximum Gasteiger partial charge on any atom is 0.317 e. The van der Waals surface area contributed by atoms with Gasteiger partial charge < -0.3 is 9.47 Å². The zero-order valence-electron chi connectivity index (χ0n) is 16.1. The number of hydrogen-bond donors (Lipinski definition) is 0. The molecule has 0 saturated carbocycles. The molecule has 3 aromatic rings. The van der Waals surface area contributed by atoms with E-state index < -0.39 is 5.41 Å².